The van der Waals surface area contributed by atoms with Crippen LogP contribution in [0, 0.1) is 0 Å². The Morgan fingerprint density at radius 1 is 0.552 bits per heavy atom. The fourth-order valence-corrected chi connectivity index (χ4v) is 4.92. The maximum atomic E-state index is 10.8. The number of ether oxygens (including phenoxy) is 1. The van der Waals surface area contributed by atoms with Gasteiger partial charge in [0.15, 0.2) is 0 Å². The first-order chi connectivity index (χ1) is 13.3. The zero-order chi connectivity index (χ0) is 22.4. The standard InChI is InChI=1S/C17H8Cl10O2/c1-3(2)29-17(28)4(5-7(18)11(22)15(26)12(23)8(5)19)6-9(20)13(24)16(27)14(25)10(6)21/h3,28H,1-2H3. The molecule has 0 aliphatic carbocycles. The van der Waals surface area contributed by atoms with Crippen molar-refractivity contribution in [3.8, 4) is 0 Å². The van der Waals surface area contributed by atoms with E-state index in [-0.39, 0.29) is 66.9 Å². The third-order valence-electron chi connectivity index (χ3n) is 3.48. The molecule has 0 radical (unpaired) electrons. The van der Waals surface area contributed by atoms with Gasteiger partial charge in [0.2, 0.25) is 0 Å². The van der Waals surface area contributed by atoms with Crippen LogP contribution >= 0.6 is 116 Å². The highest BCUT2D eigenvalue weighted by Gasteiger charge is 2.31. The van der Waals surface area contributed by atoms with Crippen LogP contribution in [-0.2, 0) is 4.74 Å². The number of hydrogen-bond acceptors (Lipinski definition) is 2. The molecular weight excluding hydrogens is 591 g/mol. The predicted molar refractivity (Wildman–Crippen MR) is 128 cm³/mol. The quantitative estimate of drug-likeness (QED) is 0.216. The summed E-state index contributed by atoms with van der Waals surface area (Å²) in [4.78, 5) is 0. The smallest absolute Gasteiger partial charge is 0.285 e. The molecule has 0 heterocycles. The summed E-state index contributed by atoms with van der Waals surface area (Å²) in [6.07, 6.45) is -0.461. The third-order valence-corrected chi connectivity index (χ3v) is 8.03. The average molecular weight is 599 g/mol. The van der Waals surface area contributed by atoms with E-state index < -0.39 is 12.0 Å². The van der Waals surface area contributed by atoms with Crippen LogP contribution in [-0.4, -0.2) is 11.2 Å². The molecule has 0 unspecified atom stereocenters. The molecule has 0 fully saturated rings. The lowest BCUT2D eigenvalue weighted by Crippen LogP contribution is -2.07. The van der Waals surface area contributed by atoms with Crippen LogP contribution in [0.3, 0.4) is 0 Å². The Balaban J connectivity index is 3.11. The van der Waals surface area contributed by atoms with Gasteiger partial charge >= 0.3 is 0 Å². The predicted octanol–water partition coefficient (Wildman–Crippen LogP) is 10.9. The Hall–Kier alpha value is 0.680. The maximum Gasteiger partial charge on any atom is 0.285 e. The molecule has 0 spiro atoms. The fraction of sp³-hybridized carbons (Fsp3) is 0.176. The lowest BCUT2D eigenvalue weighted by molar-refractivity contribution is 0.0545. The molecular formula is C17H8Cl10O2. The van der Waals surface area contributed by atoms with Crippen molar-refractivity contribution in [2.24, 2.45) is 0 Å². The SMILES string of the molecule is CC(C)OC(O)=C(c1c(Cl)c(Cl)c(Cl)c(Cl)c1Cl)c1c(Cl)c(Cl)c(Cl)c(Cl)c1Cl. The largest absolute Gasteiger partial charge is 0.481 e. The highest BCUT2D eigenvalue weighted by Crippen LogP contribution is 2.53. The second kappa shape index (κ2) is 10.1. The van der Waals surface area contributed by atoms with Crippen molar-refractivity contribution >= 4 is 122 Å². The highest BCUT2D eigenvalue weighted by atomic mass is 35.5. The Bertz CT molecular complexity index is 900. The molecule has 12 heteroatoms. The average Bonchev–Trinajstić information content (AvgIpc) is 2.66. The summed E-state index contributed by atoms with van der Waals surface area (Å²) < 4.78 is 5.42. The van der Waals surface area contributed by atoms with Crippen LogP contribution in [0.2, 0.25) is 50.2 Å². The Labute approximate surface area is 217 Å². The van der Waals surface area contributed by atoms with Crippen molar-refractivity contribution in [1.29, 1.82) is 0 Å². The third kappa shape index (κ3) is 4.88. The minimum atomic E-state index is -0.642. The van der Waals surface area contributed by atoms with E-state index in [1.165, 1.54) is 0 Å². The zero-order valence-corrected chi connectivity index (χ0v) is 21.8. The van der Waals surface area contributed by atoms with E-state index in [4.69, 9.17) is 121 Å². The lowest BCUT2D eigenvalue weighted by Gasteiger charge is -2.21. The Morgan fingerprint density at radius 3 is 1.03 bits per heavy atom. The van der Waals surface area contributed by atoms with Crippen molar-refractivity contribution in [3.63, 3.8) is 0 Å². The van der Waals surface area contributed by atoms with E-state index >= 15 is 0 Å². The normalized spacial score (nSPS) is 11.2. The molecule has 0 bridgehead atoms. The summed E-state index contributed by atoms with van der Waals surface area (Å²) in [5.41, 5.74) is -0.266. The van der Waals surface area contributed by atoms with Crippen LogP contribution in [0.15, 0.2) is 5.95 Å². The minimum Gasteiger partial charge on any atom is -0.481 e. The van der Waals surface area contributed by atoms with Crippen LogP contribution in [0.5, 0.6) is 0 Å². The van der Waals surface area contributed by atoms with E-state index in [9.17, 15) is 5.11 Å². The second-order valence-electron chi connectivity index (χ2n) is 5.74. The number of hydrogen-bond donors (Lipinski definition) is 1. The lowest BCUT2D eigenvalue weighted by atomic mass is 9.97. The molecule has 0 aliphatic rings. The summed E-state index contributed by atoms with van der Waals surface area (Å²) in [5, 5.41) is 9.55. The molecule has 2 aromatic rings. The number of benzene rings is 2. The van der Waals surface area contributed by atoms with Gasteiger partial charge in [-0.3, -0.25) is 0 Å². The van der Waals surface area contributed by atoms with Gasteiger partial charge in [0.1, 0.15) is 0 Å². The van der Waals surface area contributed by atoms with E-state index in [1.54, 1.807) is 13.8 Å². The fourth-order valence-electron chi connectivity index (χ4n) is 2.27. The summed E-state index contributed by atoms with van der Waals surface area (Å²) in [6, 6.07) is 0. The summed E-state index contributed by atoms with van der Waals surface area (Å²) in [7, 11) is 0. The van der Waals surface area contributed by atoms with E-state index in [2.05, 4.69) is 0 Å². The highest BCUT2D eigenvalue weighted by molar-refractivity contribution is 6.58. The number of halogens is 10. The molecule has 2 nitrogen and oxygen atoms in total. The van der Waals surface area contributed by atoms with Gasteiger partial charge in [-0.25, -0.2) is 0 Å². The van der Waals surface area contributed by atoms with Gasteiger partial charge in [-0.15, -0.1) is 0 Å². The molecule has 2 aromatic carbocycles. The number of aliphatic hydroxyl groups excluding tert-OH is 1. The molecule has 0 atom stereocenters. The van der Waals surface area contributed by atoms with Gasteiger partial charge in [0.05, 0.1) is 61.9 Å². The number of aliphatic hydroxyl groups is 1. The van der Waals surface area contributed by atoms with Gasteiger partial charge in [-0.05, 0) is 13.8 Å². The Kier molecular flexibility index (Phi) is 9.02. The monoisotopic (exact) mass is 594 g/mol. The summed E-state index contributed by atoms with van der Waals surface area (Å²) in [6.45, 7) is 3.34. The van der Waals surface area contributed by atoms with E-state index in [0.29, 0.717) is 0 Å². The Morgan fingerprint density at radius 2 is 0.793 bits per heavy atom. The molecule has 29 heavy (non-hydrogen) atoms. The van der Waals surface area contributed by atoms with Crippen LogP contribution in [0.1, 0.15) is 25.0 Å². The molecule has 0 saturated heterocycles. The van der Waals surface area contributed by atoms with Crippen molar-refractivity contribution in [2.75, 3.05) is 0 Å². The summed E-state index contributed by atoms with van der Waals surface area (Å²) >= 11 is 62.3. The van der Waals surface area contributed by atoms with Crippen LogP contribution < -0.4 is 0 Å². The van der Waals surface area contributed by atoms with E-state index in [1.807, 2.05) is 0 Å². The van der Waals surface area contributed by atoms with Crippen molar-refractivity contribution in [3.05, 3.63) is 67.3 Å². The van der Waals surface area contributed by atoms with Crippen molar-refractivity contribution in [1.82, 2.24) is 0 Å². The molecule has 1 N–H and O–H groups in total. The van der Waals surface area contributed by atoms with Crippen LogP contribution in [0.4, 0.5) is 0 Å². The van der Waals surface area contributed by atoms with Gasteiger partial charge in [0, 0.05) is 11.1 Å². The first kappa shape index (κ1) is 25.9. The van der Waals surface area contributed by atoms with Crippen molar-refractivity contribution in [2.45, 2.75) is 20.0 Å². The van der Waals surface area contributed by atoms with Gasteiger partial charge in [-0.2, -0.15) is 0 Å². The summed E-state index contributed by atoms with van der Waals surface area (Å²) in [5.74, 6) is -0.642. The van der Waals surface area contributed by atoms with Crippen LogP contribution in [0.25, 0.3) is 5.57 Å². The molecule has 0 aromatic heterocycles. The van der Waals surface area contributed by atoms with E-state index in [0.717, 1.165) is 0 Å². The molecule has 0 aliphatic heterocycles. The molecule has 2 rings (SSSR count). The minimum absolute atomic E-state index is 0.0517. The first-order valence-corrected chi connectivity index (χ1v) is 11.2. The first-order valence-electron chi connectivity index (χ1n) is 7.46. The van der Waals surface area contributed by atoms with Crippen molar-refractivity contribution < 1.29 is 9.84 Å². The maximum absolute atomic E-state index is 10.8. The van der Waals surface area contributed by atoms with Gasteiger partial charge in [-0.1, -0.05) is 116 Å². The zero-order valence-electron chi connectivity index (χ0n) is 14.2. The number of rotatable bonds is 4. The topological polar surface area (TPSA) is 29.5 Å². The molecule has 0 amide bonds. The molecule has 0 saturated carbocycles. The molecule has 158 valence electrons. The van der Waals surface area contributed by atoms with Gasteiger partial charge < -0.3 is 9.84 Å². The second-order valence-corrected chi connectivity index (χ2v) is 9.52. The van der Waals surface area contributed by atoms with Gasteiger partial charge in [0.25, 0.3) is 5.95 Å².